The molecule has 1 heterocycles. The number of ether oxygens (including phenoxy) is 1. The Morgan fingerprint density at radius 1 is 1.40 bits per heavy atom. The molecule has 136 valence electrons. The fraction of sp³-hybridized carbons (Fsp3) is 0.375. The molecule has 9 heteroatoms. The van der Waals surface area contributed by atoms with E-state index >= 15 is 0 Å². The van der Waals surface area contributed by atoms with Gasteiger partial charge in [-0.25, -0.2) is 4.79 Å². The highest BCUT2D eigenvalue weighted by Gasteiger charge is 2.48. The van der Waals surface area contributed by atoms with Crippen LogP contribution in [0, 0.1) is 5.92 Å². The van der Waals surface area contributed by atoms with E-state index in [9.17, 15) is 27.9 Å². The number of halogens is 3. The minimum Gasteiger partial charge on any atom is -0.496 e. The van der Waals surface area contributed by atoms with Crippen LogP contribution in [0.2, 0.25) is 0 Å². The van der Waals surface area contributed by atoms with Gasteiger partial charge >= 0.3 is 12.1 Å². The first-order valence-electron chi connectivity index (χ1n) is 7.25. The van der Waals surface area contributed by atoms with E-state index < -0.39 is 35.8 Å². The zero-order valence-electron chi connectivity index (χ0n) is 13.2. The largest absolute Gasteiger partial charge is 0.496 e. The van der Waals surface area contributed by atoms with Crippen LogP contribution in [-0.2, 0) is 9.59 Å². The second-order valence-corrected chi connectivity index (χ2v) is 5.78. The molecule has 1 aliphatic heterocycles. The fourth-order valence-electron chi connectivity index (χ4n) is 2.64. The third-order valence-corrected chi connectivity index (χ3v) is 4.27. The number of carboxylic acids is 1. The highest BCUT2D eigenvalue weighted by atomic mass is 32.1. The topological polar surface area (TPSA) is 66.8 Å². The maximum Gasteiger partial charge on any atom is 0.401 e. The number of carboxylic acid groups (broad SMARTS) is 1. The van der Waals surface area contributed by atoms with E-state index in [0.717, 1.165) is 0 Å². The van der Waals surface area contributed by atoms with Crippen molar-refractivity contribution in [2.75, 3.05) is 19.4 Å². The van der Waals surface area contributed by atoms with Crippen LogP contribution in [0.25, 0.3) is 5.57 Å². The van der Waals surface area contributed by atoms with Gasteiger partial charge in [0.2, 0.25) is 5.91 Å². The highest BCUT2D eigenvalue weighted by molar-refractivity contribution is 7.80. The van der Waals surface area contributed by atoms with Gasteiger partial charge in [0.1, 0.15) is 17.7 Å². The summed E-state index contributed by atoms with van der Waals surface area (Å²) in [6.45, 7) is -0.253. The standard InChI is InChI=1S/C16H16F3NO4S/c1-24-13-5-3-2-4-10(13)9-6-12(15(22)23)20(7-9)14(21)11(8-25)16(17,18)19/h2-6,11-12,25H,7-8H2,1H3,(H,22,23). The molecule has 0 saturated heterocycles. The quantitative estimate of drug-likeness (QED) is 0.776. The smallest absolute Gasteiger partial charge is 0.401 e. The summed E-state index contributed by atoms with van der Waals surface area (Å²) >= 11 is 3.59. The SMILES string of the molecule is COc1ccccc1C1=CC(C(=O)O)N(C(=O)C(CS)C(F)(F)F)C1. The monoisotopic (exact) mass is 375 g/mol. The van der Waals surface area contributed by atoms with Crippen LogP contribution in [0.15, 0.2) is 30.3 Å². The van der Waals surface area contributed by atoms with Crippen LogP contribution < -0.4 is 4.74 Å². The lowest BCUT2D eigenvalue weighted by molar-refractivity contribution is -0.185. The average Bonchev–Trinajstić information content (AvgIpc) is 2.99. The van der Waals surface area contributed by atoms with Crippen molar-refractivity contribution in [1.29, 1.82) is 0 Å². The molecule has 2 rings (SSSR count). The number of carbonyl (C=O) groups excluding carboxylic acids is 1. The Balaban J connectivity index is 2.37. The van der Waals surface area contributed by atoms with Gasteiger partial charge in [-0.15, -0.1) is 0 Å². The lowest BCUT2D eigenvalue weighted by atomic mass is 10.1. The minimum atomic E-state index is -4.80. The summed E-state index contributed by atoms with van der Waals surface area (Å²) in [6, 6.07) is 5.21. The Labute approximate surface area is 147 Å². The van der Waals surface area contributed by atoms with Gasteiger partial charge in [0.15, 0.2) is 0 Å². The van der Waals surface area contributed by atoms with E-state index in [1.807, 2.05) is 0 Å². The second kappa shape index (κ2) is 7.38. The van der Waals surface area contributed by atoms with E-state index in [2.05, 4.69) is 12.6 Å². The molecule has 25 heavy (non-hydrogen) atoms. The Kier molecular flexibility index (Phi) is 5.66. The zero-order chi connectivity index (χ0) is 18.8. The fourth-order valence-corrected chi connectivity index (χ4v) is 3.00. The molecule has 0 fully saturated rings. The van der Waals surface area contributed by atoms with Gasteiger partial charge in [0.25, 0.3) is 0 Å². The van der Waals surface area contributed by atoms with E-state index in [1.165, 1.54) is 13.2 Å². The van der Waals surface area contributed by atoms with Crippen molar-refractivity contribution in [1.82, 2.24) is 4.90 Å². The molecular weight excluding hydrogens is 359 g/mol. The first-order chi connectivity index (χ1) is 11.7. The number of para-hydroxylation sites is 1. The summed E-state index contributed by atoms with van der Waals surface area (Å²) in [7, 11) is 1.42. The number of thiol groups is 1. The van der Waals surface area contributed by atoms with Crippen LogP contribution in [0.4, 0.5) is 13.2 Å². The van der Waals surface area contributed by atoms with Gasteiger partial charge < -0.3 is 14.7 Å². The Morgan fingerprint density at radius 2 is 2.04 bits per heavy atom. The summed E-state index contributed by atoms with van der Waals surface area (Å²) in [5.74, 6) is -5.39. The van der Waals surface area contributed by atoms with E-state index in [4.69, 9.17) is 4.74 Å². The van der Waals surface area contributed by atoms with Crippen molar-refractivity contribution < 1.29 is 32.6 Å². The van der Waals surface area contributed by atoms with Crippen molar-refractivity contribution in [3.63, 3.8) is 0 Å². The molecule has 1 aromatic carbocycles. The van der Waals surface area contributed by atoms with Gasteiger partial charge in [-0.3, -0.25) is 4.79 Å². The van der Waals surface area contributed by atoms with E-state index in [1.54, 1.807) is 24.3 Å². The molecule has 1 aromatic rings. The number of aliphatic carboxylic acids is 1. The van der Waals surface area contributed by atoms with Crippen molar-refractivity contribution in [2.45, 2.75) is 12.2 Å². The molecule has 0 radical (unpaired) electrons. The molecule has 0 bridgehead atoms. The molecule has 1 amide bonds. The summed E-state index contributed by atoms with van der Waals surface area (Å²) in [5, 5.41) is 9.31. The molecule has 0 aromatic heterocycles. The number of alkyl halides is 3. The predicted octanol–water partition coefficient (Wildman–Crippen LogP) is 2.48. The molecule has 0 spiro atoms. The number of amides is 1. The molecule has 2 atom stereocenters. The van der Waals surface area contributed by atoms with Crippen LogP contribution in [0.3, 0.4) is 0 Å². The van der Waals surface area contributed by atoms with Gasteiger partial charge in [0.05, 0.1) is 7.11 Å². The van der Waals surface area contributed by atoms with Crippen LogP contribution in [0.1, 0.15) is 5.56 Å². The first-order valence-corrected chi connectivity index (χ1v) is 7.89. The van der Waals surface area contributed by atoms with Crippen LogP contribution in [-0.4, -0.2) is 53.5 Å². The van der Waals surface area contributed by atoms with Gasteiger partial charge in [0, 0.05) is 17.9 Å². The molecule has 5 nitrogen and oxygen atoms in total. The first kappa shape index (κ1) is 19.2. The predicted molar refractivity (Wildman–Crippen MR) is 87.5 cm³/mol. The van der Waals surface area contributed by atoms with Crippen LogP contribution >= 0.6 is 12.6 Å². The molecule has 0 saturated carbocycles. The molecule has 2 unspecified atom stereocenters. The molecule has 0 aliphatic carbocycles. The number of nitrogens with zero attached hydrogens (tertiary/aromatic N) is 1. The minimum absolute atomic E-state index is 0.253. The number of hydrogen-bond acceptors (Lipinski definition) is 4. The van der Waals surface area contributed by atoms with Crippen molar-refractivity contribution in [3.05, 3.63) is 35.9 Å². The number of rotatable bonds is 5. The molecular formula is C16H16F3NO4S. The molecule has 1 N–H and O–H groups in total. The van der Waals surface area contributed by atoms with Crippen LogP contribution in [0.5, 0.6) is 5.75 Å². The maximum atomic E-state index is 13.0. The summed E-state index contributed by atoms with van der Waals surface area (Å²) < 4.78 is 44.2. The maximum absolute atomic E-state index is 13.0. The lowest BCUT2D eigenvalue weighted by Gasteiger charge is -2.27. The van der Waals surface area contributed by atoms with E-state index in [-0.39, 0.29) is 6.54 Å². The third kappa shape index (κ3) is 3.92. The number of carbonyl (C=O) groups is 2. The highest BCUT2D eigenvalue weighted by Crippen LogP contribution is 2.35. The Bertz CT molecular complexity index is 705. The number of hydrogen-bond donors (Lipinski definition) is 2. The normalized spacial score (nSPS) is 18.7. The third-order valence-electron chi connectivity index (χ3n) is 3.90. The van der Waals surface area contributed by atoms with E-state index in [0.29, 0.717) is 21.8 Å². The molecule has 1 aliphatic rings. The summed E-state index contributed by atoms with van der Waals surface area (Å²) in [4.78, 5) is 24.4. The number of methoxy groups -OCH3 is 1. The van der Waals surface area contributed by atoms with Crippen molar-refractivity contribution in [3.8, 4) is 5.75 Å². The van der Waals surface area contributed by atoms with Gasteiger partial charge in [-0.2, -0.15) is 25.8 Å². The summed E-state index contributed by atoms with van der Waals surface area (Å²) in [5.41, 5.74) is 0.944. The zero-order valence-corrected chi connectivity index (χ0v) is 14.1. The van der Waals surface area contributed by atoms with Gasteiger partial charge in [-0.1, -0.05) is 18.2 Å². The summed E-state index contributed by atoms with van der Waals surface area (Å²) in [6.07, 6.45) is -3.53. The lowest BCUT2D eigenvalue weighted by Crippen LogP contribution is -2.48. The van der Waals surface area contributed by atoms with Gasteiger partial charge in [-0.05, 0) is 17.7 Å². The van der Waals surface area contributed by atoms with Crippen molar-refractivity contribution >= 4 is 30.1 Å². The second-order valence-electron chi connectivity index (χ2n) is 5.42. The van der Waals surface area contributed by atoms with Crippen molar-refractivity contribution in [2.24, 2.45) is 5.92 Å². The average molecular weight is 375 g/mol. The Hall–Kier alpha value is -2.16. The Morgan fingerprint density at radius 3 is 2.56 bits per heavy atom. The number of benzene rings is 1.